The fourth-order valence-corrected chi connectivity index (χ4v) is 2.14. The van der Waals surface area contributed by atoms with Crippen molar-refractivity contribution >= 4 is 12.1 Å². The normalized spacial score (nSPS) is 10.6. The lowest BCUT2D eigenvalue weighted by Crippen LogP contribution is -2.19. The van der Waals surface area contributed by atoms with Crippen molar-refractivity contribution in [3.05, 3.63) is 78.2 Å². The summed E-state index contributed by atoms with van der Waals surface area (Å²) in [6.45, 7) is 0. The van der Waals surface area contributed by atoms with E-state index in [2.05, 4.69) is 20.5 Å². The minimum absolute atomic E-state index is 0.193. The fourth-order valence-electron chi connectivity index (χ4n) is 2.14. The number of carbonyl (C=O) groups excluding carboxylic acids is 1. The second kappa shape index (κ2) is 7.83. The number of nitrogens with zero attached hydrogens (tertiary/aromatic N) is 3. The highest BCUT2D eigenvalue weighted by molar-refractivity contribution is 5.93. The van der Waals surface area contributed by atoms with Crippen LogP contribution in [0.5, 0.6) is 5.75 Å². The number of hydrogen-bond donors (Lipinski definition) is 1. The fraction of sp³-hybridized carbons (Fsp3) is 0.0526. The number of hydrogen-bond acceptors (Lipinski definition) is 5. The van der Waals surface area contributed by atoms with E-state index >= 15 is 0 Å². The number of amides is 1. The number of hydrazone groups is 1. The first-order valence-corrected chi connectivity index (χ1v) is 7.61. The third-order valence-electron chi connectivity index (χ3n) is 3.43. The Kier molecular flexibility index (Phi) is 5.11. The van der Waals surface area contributed by atoms with E-state index in [0.717, 1.165) is 16.9 Å². The average Bonchev–Trinajstić information content (AvgIpc) is 2.69. The summed E-state index contributed by atoms with van der Waals surface area (Å²) in [5, 5.41) is 3.93. The van der Waals surface area contributed by atoms with Crippen LogP contribution in [0, 0.1) is 0 Å². The van der Waals surface area contributed by atoms with Crippen molar-refractivity contribution in [1.29, 1.82) is 0 Å². The van der Waals surface area contributed by atoms with Gasteiger partial charge in [-0.1, -0.05) is 30.3 Å². The maximum absolute atomic E-state index is 12.2. The van der Waals surface area contributed by atoms with Gasteiger partial charge in [-0.05, 0) is 29.8 Å². The number of rotatable bonds is 5. The predicted octanol–water partition coefficient (Wildman–Crippen LogP) is 2.92. The quantitative estimate of drug-likeness (QED) is 0.576. The highest BCUT2D eigenvalue weighted by Gasteiger charge is 2.09. The van der Waals surface area contributed by atoms with Crippen molar-refractivity contribution in [2.75, 3.05) is 7.11 Å². The molecule has 3 aromatic rings. The lowest BCUT2D eigenvalue weighted by molar-refractivity contribution is 0.0950. The van der Waals surface area contributed by atoms with Crippen molar-refractivity contribution in [3.63, 3.8) is 0 Å². The Labute approximate surface area is 145 Å². The SMILES string of the molecule is COc1ccc(-c2cncc(C(=O)NN=Cc3ccccc3)n2)cc1. The summed E-state index contributed by atoms with van der Waals surface area (Å²) in [5.41, 5.74) is 4.98. The number of nitrogens with one attached hydrogen (secondary N) is 1. The summed E-state index contributed by atoms with van der Waals surface area (Å²) in [6.07, 6.45) is 4.57. The van der Waals surface area contributed by atoms with Gasteiger partial charge in [0.15, 0.2) is 0 Å². The number of aromatic nitrogens is 2. The van der Waals surface area contributed by atoms with Gasteiger partial charge in [0.1, 0.15) is 11.4 Å². The smallest absolute Gasteiger partial charge is 0.291 e. The minimum atomic E-state index is -0.421. The molecule has 0 bridgehead atoms. The van der Waals surface area contributed by atoms with Crippen molar-refractivity contribution in [1.82, 2.24) is 15.4 Å². The van der Waals surface area contributed by atoms with Crippen LogP contribution < -0.4 is 10.2 Å². The van der Waals surface area contributed by atoms with E-state index < -0.39 is 5.91 Å². The summed E-state index contributed by atoms with van der Waals surface area (Å²) < 4.78 is 5.13. The van der Waals surface area contributed by atoms with Gasteiger partial charge in [0.05, 0.1) is 31.4 Å². The maximum atomic E-state index is 12.2. The van der Waals surface area contributed by atoms with Crippen molar-refractivity contribution in [2.45, 2.75) is 0 Å². The van der Waals surface area contributed by atoms with Crippen LogP contribution in [0.25, 0.3) is 11.3 Å². The summed E-state index contributed by atoms with van der Waals surface area (Å²) in [6, 6.07) is 16.9. The number of carbonyl (C=O) groups is 1. The topological polar surface area (TPSA) is 76.5 Å². The zero-order valence-corrected chi connectivity index (χ0v) is 13.6. The molecule has 0 saturated heterocycles. The lowest BCUT2D eigenvalue weighted by atomic mass is 10.1. The Balaban J connectivity index is 1.72. The molecule has 0 saturated carbocycles. The van der Waals surface area contributed by atoms with Crippen LogP contribution in [-0.4, -0.2) is 29.2 Å². The van der Waals surface area contributed by atoms with E-state index in [0.29, 0.717) is 5.69 Å². The van der Waals surface area contributed by atoms with E-state index in [4.69, 9.17) is 4.74 Å². The molecule has 1 heterocycles. The van der Waals surface area contributed by atoms with Gasteiger partial charge in [-0.3, -0.25) is 9.78 Å². The second-order valence-electron chi connectivity index (χ2n) is 5.13. The van der Waals surface area contributed by atoms with Gasteiger partial charge < -0.3 is 4.74 Å². The minimum Gasteiger partial charge on any atom is -0.497 e. The third kappa shape index (κ3) is 4.26. The number of benzene rings is 2. The van der Waals surface area contributed by atoms with E-state index in [1.807, 2.05) is 54.6 Å². The monoisotopic (exact) mass is 332 g/mol. The first-order chi connectivity index (χ1) is 12.3. The molecule has 0 aliphatic heterocycles. The summed E-state index contributed by atoms with van der Waals surface area (Å²) in [5.74, 6) is 0.330. The molecular weight excluding hydrogens is 316 g/mol. The summed E-state index contributed by atoms with van der Waals surface area (Å²) >= 11 is 0. The molecular formula is C19H16N4O2. The molecule has 0 spiro atoms. The Morgan fingerprint density at radius 1 is 1.08 bits per heavy atom. The molecule has 25 heavy (non-hydrogen) atoms. The largest absolute Gasteiger partial charge is 0.497 e. The van der Waals surface area contributed by atoms with Gasteiger partial charge in [-0.25, -0.2) is 10.4 Å². The van der Waals surface area contributed by atoms with Crippen molar-refractivity contribution in [3.8, 4) is 17.0 Å². The Hall–Kier alpha value is -3.54. The Bertz CT molecular complexity index is 877. The molecule has 0 unspecified atom stereocenters. The van der Waals surface area contributed by atoms with Gasteiger partial charge in [-0.15, -0.1) is 0 Å². The van der Waals surface area contributed by atoms with E-state index in [-0.39, 0.29) is 5.69 Å². The van der Waals surface area contributed by atoms with E-state index in [1.54, 1.807) is 19.5 Å². The van der Waals surface area contributed by atoms with Crippen LogP contribution in [0.3, 0.4) is 0 Å². The zero-order chi connectivity index (χ0) is 17.5. The van der Waals surface area contributed by atoms with Crippen molar-refractivity contribution in [2.24, 2.45) is 5.10 Å². The molecule has 0 aliphatic rings. The molecule has 0 atom stereocenters. The highest BCUT2D eigenvalue weighted by Crippen LogP contribution is 2.20. The average molecular weight is 332 g/mol. The van der Waals surface area contributed by atoms with Crippen LogP contribution in [0.15, 0.2) is 72.1 Å². The summed E-state index contributed by atoms with van der Waals surface area (Å²) in [7, 11) is 1.61. The molecule has 6 nitrogen and oxygen atoms in total. The van der Waals surface area contributed by atoms with E-state index in [9.17, 15) is 4.79 Å². The van der Waals surface area contributed by atoms with Crippen LogP contribution >= 0.6 is 0 Å². The molecule has 0 radical (unpaired) electrons. The van der Waals surface area contributed by atoms with Gasteiger partial charge in [0, 0.05) is 5.56 Å². The molecule has 1 amide bonds. The highest BCUT2D eigenvalue weighted by atomic mass is 16.5. The standard InChI is InChI=1S/C19H16N4O2/c1-25-16-9-7-15(8-10-16)17-12-20-13-18(22-17)19(24)23-21-11-14-5-3-2-4-6-14/h2-13H,1H3,(H,23,24). The molecule has 1 N–H and O–H groups in total. The summed E-state index contributed by atoms with van der Waals surface area (Å²) in [4.78, 5) is 20.6. The zero-order valence-electron chi connectivity index (χ0n) is 13.6. The van der Waals surface area contributed by atoms with Crippen LogP contribution in [0.1, 0.15) is 16.1 Å². The molecule has 6 heteroatoms. The molecule has 0 fully saturated rings. The Morgan fingerprint density at radius 2 is 1.84 bits per heavy atom. The molecule has 124 valence electrons. The molecule has 0 aliphatic carbocycles. The molecule has 3 rings (SSSR count). The van der Waals surface area contributed by atoms with Crippen LogP contribution in [0.4, 0.5) is 0 Å². The molecule has 1 aromatic heterocycles. The third-order valence-corrected chi connectivity index (χ3v) is 3.43. The second-order valence-corrected chi connectivity index (χ2v) is 5.13. The first-order valence-electron chi connectivity index (χ1n) is 7.61. The van der Waals surface area contributed by atoms with Crippen LogP contribution in [-0.2, 0) is 0 Å². The lowest BCUT2D eigenvalue weighted by Gasteiger charge is -2.04. The van der Waals surface area contributed by atoms with E-state index in [1.165, 1.54) is 6.20 Å². The Morgan fingerprint density at radius 3 is 2.56 bits per heavy atom. The van der Waals surface area contributed by atoms with Crippen LogP contribution in [0.2, 0.25) is 0 Å². The maximum Gasteiger partial charge on any atom is 0.291 e. The van der Waals surface area contributed by atoms with Crippen molar-refractivity contribution < 1.29 is 9.53 Å². The van der Waals surface area contributed by atoms with Gasteiger partial charge in [-0.2, -0.15) is 5.10 Å². The van der Waals surface area contributed by atoms with Gasteiger partial charge in [0.25, 0.3) is 5.91 Å². The predicted molar refractivity (Wildman–Crippen MR) is 95.5 cm³/mol. The molecule has 2 aromatic carbocycles. The first kappa shape index (κ1) is 16.3. The number of ether oxygens (including phenoxy) is 1. The number of methoxy groups -OCH3 is 1. The van der Waals surface area contributed by atoms with Gasteiger partial charge in [0.2, 0.25) is 0 Å². The van der Waals surface area contributed by atoms with Gasteiger partial charge >= 0.3 is 0 Å².